The van der Waals surface area contributed by atoms with E-state index >= 15 is 0 Å². The SMILES string of the molecule is CCCNC(=O)CSc1nc2scc(-c3cccs3)c2c(=O)n1-c1ccccc1. The van der Waals surface area contributed by atoms with Gasteiger partial charge >= 0.3 is 0 Å². The number of para-hydroxylation sites is 1. The predicted molar refractivity (Wildman–Crippen MR) is 123 cm³/mol. The highest BCUT2D eigenvalue weighted by Gasteiger charge is 2.19. The van der Waals surface area contributed by atoms with Gasteiger partial charge in [-0.15, -0.1) is 22.7 Å². The van der Waals surface area contributed by atoms with Crippen molar-refractivity contribution in [2.75, 3.05) is 12.3 Å². The number of carbonyl (C=O) groups excluding carboxylic acids is 1. The molecule has 0 aliphatic heterocycles. The Balaban J connectivity index is 1.82. The molecule has 0 saturated carbocycles. The van der Waals surface area contributed by atoms with Crippen molar-refractivity contribution in [3.05, 3.63) is 63.6 Å². The normalized spacial score (nSPS) is 11.1. The van der Waals surface area contributed by atoms with Crippen LogP contribution < -0.4 is 10.9 Å². The van der Waals surface area contributed by atoms with Crippen molar-refractivity contribution >= 4 is 50.6 Å². The van der Waals surface area contributed by atoms with Crippen molar-refractivity contribution in [1.29, 1.82) is 0 Å². The summed E-state index contributed by atoms with van der Waals surface area (Å²) in [4.78, 5) is 32.2. The summed E-state index contributed by atoms with van der Waals surface area (Å²) in [6, 6.07) is 13.4. The lowest BCUT2D eigenvalue weighted by Crippen LogP contribution is -2.27. The molecule has 0 radical (unpaired) electrons. The van der Waals surface area contributed by atoms with Gasteiger partial charge in [-0.3, -0.25) is 14.2 Å². The highest BCUT2D eigenvalue weighted by molar-refractivity contribution is 7.99. The van der Waals surface area contributed by atoms with Crippen molar-refractivity contribution in [3.8, 4) is 16.1 Å². The van der Waals surface area contributed by atoms with Crippen LogP contribution in [-0.4, -0.2) is 27.8 Å². The van der Waals surface area contributed by atoms with Gasteiger partial charge < -0.3 is 5.32 Å². The number of benzene rings is 1. The minimum Gasteiger partial charge on any atom is -0.355 e. The van der Waals surface area contributed by atoms with E-state index in [2.05, 4.69) is 5.32 Å². The van der Waals surface area contributed by atoms with E-state index in [0.717, 1.165) is 22.5 Å². The fourth-order valence-corrected chi connectivity index (χ4v) is 5.58. The molecule has 29 heavy (non-hydrogen) atoms. The number of amides is 1. The van der Waals surface area contributed by atoms with Gasteiger partial charge in [0.15, 0.2) is 5.16 Å². The Hall–Kier alpha value is -2.42. The second-order valence-electron chi connectivity index (χ2n) is 6.32. The molecule has 5 nitrogen and oxygen atoms in total. The molecule has 8 heteroatoms. The second kappa shape index (κ2) is 8.94. The molecule has 1 amide bonds. The summed E-state index contributed by atoms with van der Waals surface area (Å²) >= 11 is 4.35. The maximum absolute atomic E-state index is 13.6. The van der Waals surface area contributed by atoms with Crippen LogP contribution in [0.5, 0.6) is 0 Å². The average Bonchev–Trinajstić information content (AvgIpc) is 3.41. The third-order valence-corrected chi connectivity index (χ3v) is 7.00. The average molecular weight is 442 g/mol. The van der Waals surface area contributed by atoms with Gasteiger partial charge in [-0.25, -0.2) is 4.98 Å². The van der Waals surface area contributed by atoms with E-state index in [0.29, 0.717) is 21.9 Å². The monoisotopic (exact) mass is 441 g/mol. The zero-order valence-electron chi connectivity index (χ0n) is 15.8. The van der Waals surface area contributed by atoms with E-state index in [1.807, 2.05) is 60.1 Å². The molecule has 0 aliphatic rings. The number of hydrogen-bond donors (Lipinski definition) is 1. The van der Waals surface area contributed by atoms with Gasteiger partial charge in [0.05, 0.1) is 16.8 Å². The molecule has 0 bridgehead atoms. The van der Waals surface area contributed by atoms with E-state index < -0.39 is 0 Å². The number of rotatable bonds is 7. The van der Waals surface area contributed by atoms with Crippen molar-refractivity contribution in [2.24, 2.45) is 0 Å². The number of aromatic nitrogens is 2. The lowest BCUT2D eigenvalue weighted by Gasteiger charge is -2.12. The molecule has 0 saturated heterocycles. The first-order valence-corrected chi connectivity index (χ1v) is 12.0. The number of carbonyl (C=O) groups is 1. The molecule has 0 aliphatic carbocycles. The number of nitrogens with zero attached hydrogens (tertiary/aromatic N) is 2. The van der Waals surface area contributed by atoms with Crippen LogP contribution in [0.3, 0.4) is 0 Å². The van der Waals surface area contributed by atoms with Gasteiger partial charge in [0, 0.05) is 22.4 Å². The molecular formula is C21H19N3O2S3. The second-order valence-corrected chi connectivity index (χ2v) is 9.06. The first kappa shape index (κ1) is 19.9. The summed E-state index contributed by atoms with van der Waals surface area (Å²) in [6.45, 7) is 2.66. The summed E-state index contributed by atoms with van der Waals surface area (Å²) in [5.74, 6) is 0.157. The fourth-order valence-electron chi connectivity index (χ4n) is 2.93. The topological polar surface area (TPSA) is 64.0 Å². The molecule has 4 aromatic rings. The Labute approximate surface area is 180 Å². The Morgan fingerprint density at radius 3 is 2.72 bits per heavy atom. The predicted octanol–water partition coefficient (Wildman–Crippen LogP) is 4.79. The first-order valence-electron chi connectivity index (χ1n) is 9.22. The van der Waals surface area contributed by atoms with Crippen LogP contribution in [0, 0.1) is 0 Å². The molecule has 0 unspecified atom stereocenters. The summed E-state index contributed by atoms with van der Waals surface area (Å²) in [5, 5.41) is 8.01. The molecule has 0 atom stereocenters. The molecule has 148 valence electrons. The largest absolute Gasteiger partial charge is 0.355 e. The number of thiophene rings is 2. The van der Waals surface area contributed by atoms with Crippen LogP contribution >= 0.6 is 34.4 Å². The van der Waals surface area contributed by atoms with Crippen molar-refractivity contribution < 1.29 is 4.79 Å². The summed E-state index contributed by atoms with van der Waals surface area (Å²) in [7, 11) is 0. The van der Waals surface area contributed by atoms with Gasteiger partial charge in [0.2, 0.25) is 5.91 Å². The molecule has 1 aromatic carbocycles. The van der Waals surface area contributed by atoms with E-state index in [9.17, 15) is 9.59 Å². The highest BCUT2D eigenvalue weighted by Crippen LogP contribution is 2.35. The zero-order chi connectivity index (χ0) is 20.2. The number of nitrogens with one attached hydrogen (secondary N) is 1. The van der Waals surface area contributed by atoms with Gasteiger partial charge in [-0.05, 0) is 30.0 Å². The van der Waals surface area contributed by atoms with Crippen molar-refractivity contribution in [2.45, 2.75) is 18.5 Å². The van der Waals surface area contributed by atoms with Crippen LogP contribution in [-0.2, 0) is 4.79 Å². The zero-order valence-corrected chi connectivity index (χ0v) is 18.2. The number of fused-ring (bicyclic) bond motifs is 1. The van der Waals surface area contributed by atoms with Crippen LogP contribution in [0.4, 0.5) is 0 Å². The summed E-state index contributed by atoms with van der Waals surface area (Å²) in [6.07, 6.45) is 0.885. The smallest absolute Gasteiger partial charge is 0.268 e. The summed E-state index contributed by atoms with van der Waals surface area (Å²) < 4.78 is 1.62. The molecule has 1 N–H and O–H groups in total. The molecule has 0 spiro atoms. The number of thioether (sulfide) groups is 1. The number of hydrogen-bond acceptors (Lipinski definition) is 6. The quantitative estimate of drug-likeness (QED) is 0.331. The molecular weight excluding hydrogens is 422 g/mol. The van der Waals surface area contributed by atoms with E-state index in [1.54, 1.807) is 15.9 Å². The van der Waals surface area contributed by atoms with Crippen molar-refractivity contribution in [3.63, 3.8) is 0 Å². The Morgan fingerprint density at radius 2 is 2.00 bits per heavy atom. The van der Waals surface area contributed by atoms with Crippen LogP contribution in [0.25, 0.3) is 26.3 Å². The van der Waals surface area contributed by atoms with Gasteiger partial charge in [-0.2, -0.15) is 0 Å². The van der Waals surface area contributed by atoms with Gasteiger partial charge in [-0.1, -0.05) is 43.0 Å². The van der Waals surface area contributed by atoms with Crippen molar-refractivity contribution in [1.82, 2.24) is 14.9 Å². The van der Waals surface area contributed by atoms with Crippen LogP contribution in [0.15, 0.2) is 63.2 Å². The first-order chi connectivity index (χ1) is 14.2. The Morgan fingerprint density at radius 1 is 1.17 bits per heavy atom. The highest BCUT2D eigenvalue weighted by atomic mass is 32.2. The Kier molecular flexibility index (Phi) is 6.13. The molecule has 3 heterocycles. The fraction of sp³-hybridized carbons (Fsp3) is 0.190. The maximum atomic E-state index is 13.6. The van der Waals surface area contributed by atoms with Crippen LogP contribution in [0.1, 0.15) is 13.3 Å². The van der Waals surface area contributed by atoms with E-state index in [1.165, 1.54) is 23.1 Å². The van der Waals surface area contributed by atoms with Crippen LogP contribution in [0.2, 0.25) is 0 Å². The standard InChI is InChI=1S/C21H19N3O2S3/c1-2-10-22-17(25)13-29-21-23-19-18(15(12-28-19)16-9-6-11-27-16)20(26)24(21)14-7-4-3-5-8-14/h3-9,11-12H,2,10,13H2,1H3,(H,22,25). The van der Waals surface area contributed by atoms with E-state index in [4.69, 9.17) is 4.98 Å². The van der Waals surface area contributed by atoms with E-state index in [-0.39, 0.29) is 17.2 Å². The third kappa shape index (κ3) is 4.14. The lowest BCUT2D eigenvalue weighted by atomic mass is 10.2. The minimum atomic E-state index is -0.109. The summed E-state index contributed by atoms with van der Waals surface area (Å²) in [5.41, 5.74) is 1.55. The molecule has 3 aromatic heterocycles. The minimum absolute atomic E-state index is 0.0590. The lowest BCUT2D eigenvalue weighted by molar-refractivity contribution is -0.118. The third-order valence-electron chi connectivity index (χ3n) is 4.28. The molecule has 4 rings (SSSR count). The Bertz CT molecular complexity index is 1180. The maximum Gasteiger partial charge on any atom is 0.268 e. The van der Waals surface area contributed by atoms with Gasteiger partial charge in [0.1, 0.15) is 4.83 Å². The van der Waals surface area contributed by atoms with Gasteiger partial charge in [0.25, 0.3) is 5.56 Å². The molecule has 0 fully saturated rings.